The van der Waals surface area contributed by atoms with Crippen molar-refractivity contribution in [3.63, 3.8) is 0 Å². The van der Waals surface area contributed by atoms with E-state index in [2.05, 4.69) is 20.8 Å². The molecule has 3 aromatic rings. The van der Waals surface area contributed by atoms with E-state index in [9.17, 15) is 0 Å². The fraction of sp³-hybridized carbons (Fsp3) is 0.667. The minimum atomic E-state index is -0.141. The molecule has 7 heteroatoms. The van der Waals surface area contributed by atoms with Crippen molar-refractivity contribution in [3.8, 4) is 0 Å². The highest BCUT2D eigenvalue weighted by molar-refractivity contribution is 7.19. The number of nitrogens with zero attached hydrogens (tertiary/aromatic N) is 4. The van der Waals surface area contributed by atoms with Gasteiger partial charge < -0.3 is 9.64 Å². The monoisotopic (exact) mass is 400 g/mol. The lowest BCUT2D eigenvalue weighted by atomic mass is 9.94. The number of likely N-dealkylation sites (tertiary alicyclic amines) is 1. The van der Waals surface area contributed by atoms with E-state index >= 15 is 0 Å². The minimum Gasteiger partial charge on any atom is -0.370 e. The van der Waals surface area contributed by atoms with Gasteiger partial charge in [0.2, 0.25) is 5.82 Å². The van der Waals surface area contributed by atoms with Crippen molar-refractivity contribution in [2.75, 3.05) is 6.54 Å². The number of ether oxygens (including phenoxy) is 1. The molecule has 0 aliphatic carbocycles. The lowest BCUT2D eigenvalue weighted by molar-refractivity contribution is -0.944. The van der Waals surface area contributed by atoms with Crippen LogP contribution in [0.1, 0.15) is 68.5 Å². The molecule has 150 valence electrons. The third-order valence-corrected chi connectivity index (χ3v) is 7.57. The van der Waals surface area contributed by atoms with Crippen LogP contribution in [-0.4, -0.2) is 37.8 Å². The second-order valence-electron chi connectivity index (χ2n) is 9.02. The van der Waals surface area contributed by atoms with E-state index in [4.69, 9.17) is 19.8 Å². The molecular formula is C21H30N5OS+. The van der Waals surface area contributed by atoms with E-state index in [1.807, 2.05) is 11.4 Å². The Morgan fingerprint density at radius 3 is 2.96 bits per heavy atom. The lowest BCUT2D eigenvalue weighted by Crippen LogP contribution is -3.15. The first-order valence-corrected chi connectivity index (χ1v) is 11.4. The average molecular weight is 401 g/mol. The molecule has 28 heavy (non-hydrogen) atoms. The van der Waals surface area contributed by atoms with Gasteiger partial charge in [-0.1, -0.05) is 6.92 Å². The second kappa shape index (κ2) is 6.75. The van der Waals surface area contributed by atoms with Crippen LogP contribution in [0.15, 0.2) is 0 Å². The number of quaternary nitrogens is 1. The molecule has 0 aromatic carbocycles. The summed E-state index contributed by atoms with van der Waals surface area (Å²) in [7, 11) is 0. The van der Waals surface area contributed by atoms with E-state index in [1.54, 1.807) is 16.2 Å². The van der Waals surface area contributed by atoms with E-state index < -0.39 is 0 Å². The Labute approximate surface area is 169 Å². The first kappa shape index (κ1) is 18.5. The number of hydrogen-bond acceptors (Lipinski definition) is 5. The zero-order chi connectivity index (χ0) is 19.5. The van der Waals surface area contributed by atoms with E-state index in [0.29, 0.717) is 6.61 Å². The highest BCUT2D eigenvalue weighted by atomic mass is 32.1. The Morgan fingerprint density at radius 2 is 2.14 bits per heavy atom. The summed E-state index contributed by atoms with van der Waals surface area (Å²) in [6.07, 6.45) is 6.15. The summed E-state index contributed by atoms with van der Waals surface area (Å²) in [6.45, 7) is 11.5. The van der Waals surface area contributed by atoms with Crippen LogP contribution in [0.3, 0.4) is 0 Å². The Bertz CT molecular complexity index is 1040. The quantitative estimate of drug-likeness (QED) is 0.735. The fourth-order valence-electron chi connectivity index (χ4n) is 4.94. The van der Waals surface area contributed by atoms with Crippen molar-refractivity contribution >= 4 is 27.2 Å². The second-order valence-corrected chi connectivity index (χ2v) is 10.1. The maximum atomic E-state index is 6.03. The van der Waals surface area contributed by atoms with Crippen LogP contribution >= 0.6 is 11.3 Å². The molecule has 2 atom stereocenters. The maximum Gasteiger partial charge on any atom is 0.206 e. The molecule has 2 aliphatic rings. The highest BCUT2D eigenvalue weighted by Crippen LogP contribution is 2.39. The third kappa shape index (κ3) is 3.04. The summed E-state index contributed by atoms with van der Waals surface area (Å²) < 4.78 is 8.00. The number of aromatic nitrogens is 4. The summed E-state index contributed by atoms with van der Waals surface area (Å²) in [6, 6.07) is 0.742. The van der Waals surface area contributed by atoms with Gasteiger partial charge in [0.1, 0.15) is 17.2 Å². The number of nitrogens with one attached hydrogen (secondary N) is 1. The van der Waals surface area contributed by atoms with E-state index in [0.717, 1.165) is 41.1 Å². The molecule has 5 heterocycles. The van der Waals surface area contributed by atoms with Crippen LogP contribution in [0.4, 0.5) is 0 Å². The summed E-state index contributed by atoms with van der Waals surface area (Å²) in [5.74, 6) is 1.87. The Hall–Kier alpha value is -1.57. The molecule has 3 aromatic heterocycles. The lowest BCUT2D eigenvalue weighted by Gasteiger charge is -2.31. The standard InChI is InChI=1S/C21H29N5OS/c1-5-14-8-6-7-9-25(14)11-17-23-19-18-15-10-21(3,4)27-12-16(15)28-20(18)22-13(2)26(19)24-17/h14H,5-12H2,1-4H3/p+1/t14-/m0/s1. The van der Waals surface area contributed by atoms with Gasteiger partial charge in [0.15, 0.2) is 5.65 Å². The van der Waals surface area contributed by atoms with E-state index in [1.165, 1.54) is 48.1 Å². The zero-order valence-corrected chi connectivity index (χ0v) is 18.2. The number of aryl methyl sites for hydroxylation is 1. The Morgan fingerprint density at radius 1 is 1.29 bits per heavy atom. The van der Waals surface area contributed by atoms with Crippen molar-refractivity contribution in [2.24, 2.45) is 0 Å². The smallest absolute Gasteiger partial charge is 0.206 e. The fourth-order valence-corrected chi connectivity index (χ4v) is 6.08. The molecule has 6 nitrogen and oxygen atoms in total. The molecule has 0 amide bonds. The SMILES string of the molecule is CC[C@H]1CCCC[NH+]1Cc1nc2c3c4c(sc3nc(C)n2n1)COC(C)(C)C4. The molecule has 1 unspecified atom stereocenters. The molecule has 0 saturated carbocycles. The van der Waals surface area contributed by atoms with Crippen molar-refractivity contribution in [2.45, 2.75) is 84.6 Å². The van der Waals surface area contributed by atoms with Crippen molar-refractivity contribution in [1.29, 1.82) is 0 Å². The van der Waals surface area contributed by atoms with Crippen LogP contribution < -0.4 is 4.90 Å². The van der Waals surface area contributed by atoms with Gasteiger partial charge in [-0.25, -0.2) is 9.97 Å². The molecule has 0 bridgehead atoms. The predicted octanol–water partition coefficient (Wildman–Crippen LogP) is 2.85. The molecule has 1 fully saturated rings. The van der Waals surface area contributed by atoms with Crippen molar-refractivity contribution in [3.05, 3.63) is 22.1 Å². The van der Waals surface area contributed by atoms with Gasteiger partial charge in [0, 0.05) is 11.3 Å². The third-order valence-electron chi connectivity index (χ3n) is 6.47. The van der Waals surface area contributed by atoms with Gasteiger partial charge >= 0.3 is 0 Å². The molecule has 5 rings (SSSR count). The summed E-state index contributed by atoms with van der Waals surface area (Å²) in [5.41, 5.74) is 2.21. The number of hydrogen-bond donors (Lipinski definition) is 1. The average Bonchev–Trinajstić information content (AvgIpc) is 3.22. The van der Waals surface area contributed by atoms with Gasteiger partial charge in [0.25, 0.3) is 0 Å². The van der Waals surface area contributed by atoms with Crippen LogP contribution in [0.2, 0.25) is 0 Å². The molecule has 0 spiro atoms. The molecule has 2 aliphatic heterocycles. The number of rotatable bonds is 3. The Kier molecular flexibility index (Phi) is 4.45. The molecule has 0 radical (unpaired) electrons. The maximum absolute atomic E-state index is 6.03. The number of fused-ring (bicyclic) bond motifs is 5. The molecule has 1 N–H and O–H groups in total. The van der Waals surface area contributed by atoms with E-state index in [-0.39, 0.29) is 5.60 Å². The zero-order valence-electron chi connectivity index (χ0n) is 17.3. The number of thiophene rings is 1. The van der Waals surface area contributed by atoms with Crippen molar-refractivity contribution in [1.82, 2.24) is 19.6 Å². The first-order chi connectivity index (χ1) is 13.4. The predicted molar refractivity (Wildman–Crippen MR) is 111 cm³/mol. The van der Waals surface area contributed by atoms with Crippen molar-refractivity contribution < 1.29 is 9.64 Å². The van der Waals surface area contributed by atoms with Crippen LogP contribution in [0.5, 0.6) is 0 Å². The number of piperidine rings is 1. The van der Waals surface area contributed by atoms with Gasteiger partial charge in [-0.05, 0) is 52.0 Å². The van der Waals surface area contributed by atoms with Gasteiger partial charge in [-0.2, -0.15) is 4.52 Å². The minimum absolute atomic E-state index is 0.141. The van der Waals surface area contributed by atoms with Gasteiger partial charge in [-0.15, -0.1) is 16.4 Å². The summed E-state index contributed by atoms with van der Waals surface area (Å²) >= 11 is 1.76. The van der Waals surface area contributed by atoms with Crippen LogP contribution in [-0.2, 0) is 24.3 Å². The summed E-state index contributed by atoms with van der Waals surface area (Å²) in [5, 5.41) is 6.08. The van der Waals surface area contributed by atoms with Gasteiger partial charge in [0.05, 0.1) is 30.2 Å². The Balaban J connectivity index is 1.60. The normalized spacial score (nSPS) is 24.7. The first-order valence-electron chi connectivity index (χ1n) is 10.6. The largest absolute Gasteiger partial charge is 0.370 e. The van der Waals surface area contributed by atoms with Crippen LogP contribution in [0, 0.1) is 6.92 Å². The topological polar surface area (TPSA) is 56.8 Å². The highest BCUT2D eigenvalue weighted by Gasteiger charge is 2.32. The summed E-state index contributed by atoms with van der Waals surface area (Å²) in [4.78, 5) is 13.9. The van der Waals surface area contributed by atoms with Gasteiger partial charge in [-0.3, -0.25) is 0 Å². The van der Waals surface area contributed by atoms with Crippen LogP contribution in [0.25, 0.3) is 15.9 Å². The molecular weight excluding hydrogens is 370 g/mol. The molecule has 1 saturated heterocycles.